The molecule has 0 saturated carbocycles. The molecule has 0 heterocycles. The summed E-state index contributed by atoms with van der Waals surface area (Å²) in [4.78, 5) is 11.4. The Morgan fingerprint density at radius 1 is 1.24 bits per heavy atom. The fourth-order valence-electron chi connectivity index (χ4n) is 1.44. The van der Waals surface area contributed by atoms with E-state index in [-0.39, 0.29) is 5.97 Å². The zero-order valence-corrected chi connectivity index (χ0v) is 10.9. The molecule has 0 radical (unpaired) electrons. The summed E-state index contributed by atoms with van der Waals surface area (Å²) in [6, 6.07) is 7.86. The third-order valence-electron chi connectivity index (χ3n) is 2.75. The first-order valence-electron chi connectivity index (χ1n) is 5.73. The van der Waals surface area contributed by atoms with Gasteiger partial charge in [0.05, 0.1) is 19.1 Å². The maximum Gasteiger partial charge on any atom is 0.311 e. The maximum absolute atomic E-state index is 11.4. The van der Waals surface area contributed by atoms with Crippen molar-refractivity contribution >= 4 is 5.97 Å². The van der Waals surface area contributed by atoms with Gasteiger partial charge in [0.15, 0.2) is 0 Å². The quantitative estimate of drug-likeness (QED) is 0.737. The van der Waals surface area contributed by atoms with Crippen molar-refractivity contribution in [2.45, 2.75) is 27.2 Å². The number of methoxy groups -OCH3 is 1. The van der Waals surface area contributed by atoms with Gasteiger partial charge in [-0.2, -0.15) is 0 Å². The third-order valence-corrected chi connectivity index (χ3v) is 2.75. The molecule has 0 aliphatic heterocycles. The average Bonchev–Trinajstić information content (AvgIpc) is 2.30. The van der Waals surface area contributed by atoms with Crippen molar-refractivity contribution in [1.29, 1.82) is 0 Å². The minimum atomic E-state index is -0.501. The number of carbonyl (C=O) groups excluding carboxylic acids is 1. The van der Waals surface area contributed by atoms with E-state index >= 15 is 0 Å². The Hall–Kier alpha value is -1.51. The summed E-state index contributed by atoms with van der Waals surface area (Å²) in [7, 11) is 1.41. The molecule has 3 nitrogen and oxygen atoms in total. The van der Waals surface area contributed by atoms with E-state index in [2.05, 4.69) is 0 Å². The molecule has 0 amide bonds. The molecule has 0 atom stereocenters. The van der Waals surface area contributed by atoms with Crippen molar-refractivity contribution in [3.05, 3.63) is 29.8 Å². The molecule has 0 N–H and O–H groups in total. The lowest BCUT2D eigenvalue weighted by Gasteiger charge is -2.21. The van der Waals surface area contributed by atoms with Gasteiger partial charge in [0.1, 0.15) is 5.75 Å². The van der Waals surface area contributed by atoms with Crippen LogP contribution < -0.4 is 4.74 Å². The molecule has 0 spiro atoms. The van der Waals surface area contributed by atoms with Gasteiger partial charge in [-0.25, -0.2) is 0 Å². The van der Waals surface area contributed by atoms with Crippen molar-refractivity contribution in [1.82, 2.24) is 0 Å². The highest BCUT2D eigenvalue weighted by atomic mass is 16.5. The summed E-state index contributed by atoms with van der Waals surface area (Å²) in [6.45, 7) is 6.25. The Bertz CT molecular complexity index is 366. The van der Waals surface area contributed by atoms with Gasteiger partial charge in [-0.05, 0) is 39.3 Å². The van der Waals surface area contributed by atoms with Crippen LogP contribution in [0.3, 0.4) is 0 Å². The number of carbonyl (C=O) groups is 1. The maximum atomic E-state index is 11.4. The number of ether oxygens (including phenoxy) is 2. The third kappa shape index (κ3) is 4.10. The van der Waals surface area contributed by atoms with Crippen molar-refractivity contribution in [2.24, 2.45) is 5.41 Å². The molecule has 1 aromatic rings. The van der Waals surface area contributed by atoms with E-state index < -0.39 is 5.41 Å². The van der Waals surface area contributed by atoms with E-state index in [1.54, 1.807) is 0 Å². The molecule has 0 bridgehead atoms. The first kappa shape index (κ1) is 13.6. The fraction of sp³-hybridized carbons (Fsp3) is 0.500. The molecule has 1 aromatic carbocycles. The predicted molar refractivity (Wildman–Crippen MR) is 67.1 cm³/mol. The van der Waals surface area contributed by atoms with Gasteiger partial charge in [-0.3, -0.25) is 4.79 Å². The summed E-state index contributed by atoms with van der Waals surface area (Å²) in [6.07, 6.45) is 0.632. The average molecular weight is 236 g/mol. The number of hydrogen-bond acceptors (Lipinski definition) is 3. The summed E-state index contributed by atoms with van der Waals surface area (Å²) in [5, 5.41) is 0. The van der Waals surface area contributed by atoms with Gasteiger partial charge >= 0.3 is 5.97 Å². The standard InChI is InChI=1S/C14H20O3/c1-11-5-7-12(8-6-11)17-10-9-14(2,3)13(15)16-4/h5-8H,9-10H2,1-4H3. The number of aryl methyl sites for hydroxylation is 1. The summed E-state index contributed by atoms with van der Waals surface area (Å²) in [5.74, 6) is 0.626. The lowest BCUT2D eigenvalue weighted by atomic mass is 9.90. The second kappa shape index (κ2) is 5.71. The zero-order chi connectivity index (χ0) is 12.9. The van der Waals surface area contributed by atoms with Crippen LogP contribution in [0.1, 0.15) is 25.8 Å². The van der Waals surface area contributed by atoms with Crippen molar-refractivity contribution < 1.29 is 14.3 Å². The number of rotatable bonds is 5. The summed E-state index contributed by atoms with van der Waals surface area (Å²) < 4.78 is 10.3. The molecule has 0 aliphatic rings. The molecular weight excluding hydrogens is 216 g/mol. The predicted octanol–water partition coefficient (Wildman–Crippen LogP) is 2.96. The van der Waals surface area contributed by atoms with Crippen molar-refractivity contribution in [2.75, 3.05) is 13.7 Å². The Labute approximate surface area is 103 Å². The van der Waals surface area contributed by atoms with Crippen LogP contribution in [0.25, 0.3) is 0 Å². The largest absolute Gasteiger partial charge is 0.494 e. The Balaban J connectivity index is 2.42. The summed E-state index contributed by atoms with van der Waals surface area (Å²) >= 11 is 0. The van der Waals surface area contributed by atoms with Crippen LogP contribution >= 0.6 is 0 Å². The Kier molecular flexibility index (Phi) is 4.55. The molecule has 0 aromatic heterocycles. The normalized spacial score (nSPS) is 11.1. The molecular formula is C14H20O3. The molecule has 3 heteroatoms. The van der Waals surface area contributed by atoms with Crippen LogP contribution in [-0.4, -0.2) is 19.7 Å². The molecule has 0 fully saturated rings. The second-order valence-electron chi connectivity index (χ2n) is 4.79. The Morgan fingerprint density at radius 2 is 1.82 bits per heavy atom. The van der Waals surface area contributed by atoms with E-state index in [0.29, 0.717) is 13.0 Å². The van der Waals surface area contributed by atoms with Crippen LogP contribution in [0.4, 0.5) is 0 Å². The molecule has 94 valence electrons. The van der Waals surface area contributed by atoms with E-state index in [4.69, 9.17) is 9.47 Å². The second-order valence-corrected chi connectivity index (χ2v) is 4.79. The first-order valence-corrected chi connectivity index (χ1v) is 5.73. The van der Waals surface area contributed by atoms with Crippen molar-refractivity contribution in [3.63, 3.8) is 0 Å². The molecule has 1 rings (SSSR count). The highest BCUT2D eigenvalue weighted by Gasteiger charge is 2.28. The number of esters is 1. The minimum absolute atomic E-state index is 0.204. The lowest BCUT2D eigenvalue weighted by Crippen LogP contribution is -2.27. The monoisotopic (exact) mass is 236 g/mol. The summed E-state index contributed by atoms with van der Waals surface area (Å²) in [5.41, 5.74) is 0.701. The van der Waals surface area contributed by atoms with Gasteiger partial charge in [-0.15, -0.1) is 0 Å². The van der Waals surface area contributed by atoms with Crippen LogP contribution in [0, 0.1) is 12.3 Å². The number of benzene rings is 1. The van der Waals surface area contributed by atoms with Crippen LogP contribution in [-0.2, 0) is 9.53 Å². The minimum Gasteiger partial charge on any atom is -0.494 e. The fourth-order valence-corrected chi connectivity index (χ4v) is 1.44. The zero-order valence-electron chi connectivity index (χ0n) is 10.9. The first-order chi connectivity index (χ1) is 7.95. The van der Waals surface area contributed by atoms with E-state index in [9.17, 15) is 4.79 Å². The van der Waals surface area contributed by atoms with E-state index in [1.165, 1.54) is 12.7 Å². The molecule has 0 aliphatic carbocycles. The highest BCUT2D eigenvalue weighted by Crippen LogP contribution is 2.22. The molecule has 0 unspecified atom stereocenters. The lowest BCUT2D eigenvalue weighted by molar-refractivity contribution is -0.151. The SMILES string of the molecule is COC(=O)C(C)(C)CCOc1ccc(C)cc1. The van der Waals surface area contributed by atoms with Crippen LogP contribution in [0.2, 0.25) is 0 Å². The Morgan fingerprint density at radius 3 is 2.35 bits per heavy atom. The smallest absolute Gasteiger partial charge is 0.311 e. The van der Waals surface area contributed by atoms with Gasteiger partial charge in [0.25, 0.3) is 0 Å². The van der Waals surface area contributed by atoms with E-state index in [0.717, 1.165) is 5.75 Å². The number of hydrogen-bond donors (Lipinski definition) is 0. The highest BCUT2D eigenvalue weighted by molar-refractivity contribution is 5.75. The van der Waals surface area contributed by atoms with E-state index in [1.807, 2.05) is 45.0 Å². The van der Waals surface area contributed by atoms with Gasteiger partial charge in [0, 0.05) is 0 Å². The van der Waals surface area contributed by atoms with Crippen LogP contribution in [0.15, 0.2) is 24.3 Å². The topological polar surface area (TPSA) is 35.5 Å². The van der Waals surface area contributed by atoms with Gasteiger partial charge in [-0.1, -0.05) is 17.7 Å². The van der Waals surface area contributed by atoms with Gasteiger partial charge in [0.2, 0.25) is 0 Å². The molecule has 0 saturated heterocycles. The van der Waals surface area contributed by atoms with Gasteiger partial charge < -0.3 is 9.47 Å². The van der Waals surface area contributed by atoms with Crippen LogP contribution in [0.5, 0.6) is 5.75 Å². The molecule has 17 heavy (non-hydrogen) atoms. The van der Waals surface area contributed by atoms with Crippen molar-refractivity contribution in [3.8, 4) is 5.75 Å².